The van der Waals surface area contributed by atoms with Gasteiger partial charge >= 0.3 is 0 Å². The molecule has 0 saturated heterocycles. The Morgan fingerprint density at radius 1 is 1.14 bits per heavy atom. The highest BCUT2D eigenvalue weighted by Crippen LogP contribution is 2.26. The van der Waals surface area contributed by atoms with Gasteiger partial charge in [-0.05, 0) is 47.5 Å². The molecule has 0 bridgehead atoms. The summed E-state index contributed by atoms with van der Waals surface area (Å²) in [6.07, 6.45) is 0. The van der Waals surface area contributed by atoms with Crippen molar-refractivity contribution in [1.82, 2.24) is 15.0 Å². The van der Waals surface area contributed by atoms with Crippen LogP contribution in [0.15, 0.2) is 22.7 Å². The Morgan fingerprint density at radius 2 is 1.86 bits per heavy atom. The molecule has 1 aromatic heterocycles. The maximum absolute atomic E-state index is 4.41. The monoisotopic (exact) mass is 350 g/mol. The van der Waals surface area contributed by atoms with E-state index in [1.54, 1.807) is 0 Å². The van der Waals surface area contributed by atoms with E-state index in [4.69, 9.17) is 0 Å². The van der Waals surface area contributed by atoms with Crippen LogP contribution in [0.5, 0.6) is 0 Å². The average molecular weight is 351 g/mol. The highest BCUT2D eigenvalue weighted by molar-refractivity contribution is 9.10. The van der Waals surface area contributed by atoms with Gasteiger partial charge in [0.05, 0.1) is 5.69 Å². The summed E-state index contributed by atoms with van der Waals surface area (Å²) in [5.41, 5.74) is 2.10. The van der Waals surface area contributed by atoms with Crippen molar-refractivity contribution < 1.29 is 0 Å². The Labute approximate surface area is 133 Å². The molecule has 0 aliphatic rings. The van der Waals surface area contributed by atoms with Crippen molar-refractivity contribution >= 4 is 39.5 Å². The van der Waals surface area contributed by atoms with Crippen molar-refractivity contribution in [3.63, 3.8) is 0 Å². The molecule has 0 fully saturated rings. The third kappa shape index (κ3) is 4.04. The number of anilines is 4. The number of hydrogen-bond donors (Lipinski definition) is 2. The molecule has 0 radical (unpaired) electrons. The quantitative estimate of drug-likeness (QED) is 0.863. The molecular weight excluding hydrogens is 332 g/mol. The summed E-state index contributed by atoms with van der Waals surface area (Å²) in [6, 6.07) is 6.07. The number of nitrogens with zero attached hydrogens (tertiary/aromatic N) is 4. The molecule has 0 aliphatic heterocycles. The molecule has 7 heteroatoms. The van der Waals surface area contributed by atoms with Crippen molar-refractivity contribution in [2.75, 3.05) is 36.2 Å². The van der Waals surface area contributed by atoms with Crippen LogP contribution in [0.1, 0.15) is 12.5 Å². The molecule has 2 aromatic rings. The molecule has 1 heterocycles. The van der Waals surface area contributed by atoms with E-state index in [2.05, 4.69) is 41.5 Å². The standard InChI is InChI=1S/C14H19BrN6/c1-5-16-12-18-13(20-14(19-12)21(3)4)17-11-7-6-9(2)8-10(11)15/h6-8H,5H2,1-4H3,(H2,16,17,18,19,20). The first-order valence-electron chi connectivity index (χ1n) is 6.70. The number of aryl methyl sites for hydroxylation is 1. The zero-order valence-electron chi connectivity index (χ0n) is 12.6. The van der Waals surface area contributed by atoms with Gasteiger partial charge in [0.2, 0.25) is 17.8 Å². The highest BCUT2D eigenvalue weighted by Gasteiger charge is 2.09. The van der Waals surface area contributed by atoms with E-state index in [0.29, 0.717) is 17.8 Å². The van der Waals surface area contributed by atoms with Gasteiger partial charge in [0.15, 0.2) is 0 Å². The molecule has 0 saturated carbocycles. The molecule has 0 aliphatic carbocycles. The van der Waals surface area contributed by atoms with E-state index in [0.717, 1.165) is 16.7 Å². The van der Waals surface area contributed by atoms with Crippen molar-refractivity contribution in [2.24, 2.45) is 0 Å². The summed E-state index contributed by atoms with van der Waals surface area (Å²) < 4.78 is 0.972. The molecule has 0 atom stereocenters. The van der Waals surface area contributed by atoms with Crippen molar-refractivity contribution in [3.05, 3.63) is 28.2 Å². The summed E-state index contributed by atoms with van der Waals surface area (Å²) in [7, 11) is 3.80. The van der Waals surface area contributed by atoms with Gasteiger partial charge in [0, 0.05) is 25.1 Å². The lowest BCUT2D eigenvalue weighted by Gasteiger charge is -2.14. The zero-order chi connectivity index (χ0) is 15.4. The summed E-state index contributed by atoms with van der Waals surface area (Å²) in [4.78, 5) is 15.0. The van der Waals surface area contributed by atoms with Crippen LogP contribution >= 0.6 is 15.9 Å². The molecule has 112 valence electrons. The van der Waals surface area contributed by atoms with Crippen LogP contribution in [-0.4, -0.2) is 35.6 Å². The van der Waals surface area contributed by atoms with E-state index in [9.17, 15) is 0 Å². The Kier molecular flexibility index (Phi) is 4.95. The van der Waals surface area contributed by atoms with Crippen LogP contribution in [-0.2, 0) is 0 Å². The first-order valence-corrected chi connectivity index (χ1v) is 7.49. The molecule has 2 N–H and O–H groups in total. The summed E-state index contributed by atoms with van der Waals surface area (Å²) in [5, 5.41) is 6.33. The second-order valence-corrected chi connectivity index (χ2v) is 5.67. The number of benzene rings is 1. The molecule has 0 unspecified atom stereocenters. The SMILES string of the molecule is CCNc1nc(Nc2ccc(C)cc2Br)nc(N(C)C)n1. The lowest BCUT2D eigenvalue weighted by Crippen LogP contribution is -2.16. The van der Waals surface area contributed by atoms with Crippen LogP contribution in [0, 0.1) is 6.92 Å². The third-order valence-corrected chi connectivity index (χ3v) is 3.39. The smallest absolute Gasteiger partial charge is 0.233 e. The van der Waals surface area contributed by atoms with E-state index >= 15 is 0 Å². The third-order valence-electron chi connectivity index (χ3n) is 2.73. The maximum atomic E-state index is 4.41. The van der Waals surface area contributed by atoms with Crippen LogP contribution in [0.3, 0.4) is 0 Å². The number of rotatable bonds is 5. The van der Waals surface area contributed by atoms with Gasteiger partial charge in [-0.3, -0.25) is 0 Å². The predicted molar refractivity (Wildman–Crippen MR) is 90.5 cm³/mol. The van der Waals surface area contributed by atoms with Crippen LogP contribution in [0.25, 0.3) is 0 Å². The normalized spacial score (nSPS) is 10.3. The van der Waals surface area contributed by atoms with E-state index in [1.807, 2.05) is 51.0 Å². The fraction of sp³-hybridized carbons (Fsp3) is 0.357. The number of hydrogen-bond acceptors (Lipinski definition) is 6. The van der Waals surface area contributed by atoms with E-state index in [-0.39, 0.29) is 0 Å². The largest absolute Gasteiger partial charge is 0.354 e. The molecular formula is C14H19BrN6. The lowest BCUT2D eigenvalue weighted by atomic mass is 10.2. The Hall–Kier alpha value is -1.89. The molecule has 21 heavy (non-hydrogen) atoms. The van der Waals surface area contributed by atoms with Gasteiger partial charge in [0.1, 0.15) is 0 Å². The Balaban J connectivity index is 2.33. The number of aromatic nitrogens is 3. The molecule has 2 rings (SSSR count). The van der Waals surface area contributed by atoms with E-state index in [1.165, 1.54) is 5.56 Å². The second kappa shape index (κ2) is 6.71. The first kappa shape index (κ1) is 15.5. The van der Waals surface area contributed by atoms with Gasteiger partial charge in [-0.15, -0.1) is 0 Å². The average Bonchev–Trinajstić information content (AvgIpc) is 2.42. The minimum atomic E-state index is 0.509. The summed E-state index contributed by atoms with van der Waals surface area (Å²) in [6.45, 7) is 4.80. The van der Waals surface area contributed by atoms with Crippen molar-refractivity contribution in [2.45, 2.75) is 13.8 Å². The van der Waals surface area contributed by atoms with Gasteiger partial charge in [-0.1, -0.05) is 6.07 Å². The Morgan fingerprint density at radius 3 is 2.48 bits per heavy atom. The molecule has 0 amide bonds. The number of halogens is 1. The topological polar surface area (TPSA) is 66.0 Å². The summed E-state index contributed by atoms with van der Waals surface area (Å²) >= 11 is 3.54. The highest BCUT2D eigenvalue weighted by atomic mass is 79.9. The zero-order valence-corrected chi connectivity index (χ0v) is 14.2. The van der Waals surface area contributed by atoms with Crippen LogP contribution < -0.4 is 15.5 Å². The van der Waals surface area contributed by atoms with Gasteiger partial charge < -0.3 is 15.5 Å². The fourth-order valence-corrected chi connectivity index (χ4v) is 2.29. The van der Waals surface area contributed by atoms with Crippen molar-refractivity contribution in [1.29, 1.82) is 0 Å². The minimum absolute atomic E-state index is 0.509. The second-order valence-electron chi connectivity index (χ2n) is 4.82. The first-order chi connectivity index (χ1) is 9.99. The van der Waals surface area contributed by atoms with Gasteiger partial charge in [-0.25, -0.2) is 0 Å². The predicted octanol–water partition coefficient (Wildman–Crippen LogP) is 3.18. The van der Waals surface area contributed by atoms with Crippen LogP contribution in [0.2, 0.25) is 0 Å². The Bertz CT molecular complexity index is 629. The number of nitrogens with one attached hydrogen (secondary N) is 2. The minimum Gasteiger partial charge on any atom is -0.354 e. The van der Waals surface area contributed by atoms with Crippen LogP contribution in [0.4, 0.5) is 23.5 Å². The lowest BCUT2D eigenvalue weighted by molar-refractivity contribution is 0.953. The van der Waals surface area contributed by atoms with E-state index < -0.39 is 0 Å². The molecule has 1 aromatic carbocycles. The maximum Gasteiger partial charge on any atom is 0.233 e. The summed E-state index contributed by atoms with van der Waals surface area (Å²) in [5.74, 6) is 1.67. The van der Waals surface area contributed by atoms with Gasteiger partial charge in [-0.2, -0.15) is 15.0 Å². The molecule has 6 nitrogen and oxygen atoms in total. The van der Waals surface area contributed by atoms with Gasteiger partial charge in [0.25, 0.3) is 0 Å². The fourth-order valence-electron chi connectivity index (χ4n) is 1.70. The molecule has 0 spiro atoms. The van der Waals surface area contributed by atoms with Crippen molar-refractivity contribution in [3.8, 4) is 0 Å².